The minimum absolute atomic E-state index is 0.150. The molecule has 1 heterocycles. The van der Waals surface area contributed by atoms with Gasteiger partial charge in [0.25, 0.3) is 0 Å². The topological polar surface area (TPSA) is 68.0 Å². The molecule has 1 unspecified atom stereocenters. The van der Waals surface area contributed by atoms with E-state index >= 15 is 0 Å². The predicted octanol–water partition coefficient (Wildman–Crippen LogP) is 2.88. The molecular weight excluding hydrogens is 270 g/mol. The minimum Gasteiger partial charge on any atom is -0.393 e. The van der Waals surface area contributed by atoms with E-state index in [-0.39, 0.29) is 10.9 Å². The first-order valence-corrected chi connectivity index (χ1v) is 6.97. The highest BCUT2D eigenvalue weighted by molar-refractivity contribution is 7.80. The molecule has 0 bridgehead atoms. The van der Waals surface area contributed by atoms with E-state index in [4.69, 9.17) is 18.0 Å². The molecule has 2 aromatic rings. The zero-order valence-corrected chi connectivity index (χ0v) is 12.1. The quantitative estimate of drug-likeness (QED) is 0.830. The van der Waals surface area contributed by atoms with Gasteiger partial charge in [0, 0.05) is 17.3 Å². The minimum atomic E-state index is -0.417. The number of amides is 1. The molecule has 1 atom stereocenters. The molecule has 0 saturated carbocycles. The molecule has 1 aromatic heterocycles. The van der Waals surface area contributed by atoms with Gasteiger partial charge in [-0.25, -0.2) is 0 Å². The summed E-state index contributed by atoms with van der Waals surface area (Å²) in [6.45, 7) is 2.00. The number of hydrogen-bond acceptors (Lipinski definition) is 3. The van der Waals surface area contributed by atoms with Gasteiger partial charge in [0.05, 0.1) is 16.4 Å². The smallest absolute Gasteiger partial charge is 0.234 e. The molecule has 0 aliphatic heterocycles. The SMILES string of the molecule is CCCC(C(=O)Nc1ccc2ncccc2c1)C(N)=S. The van der Waals surface area contributed by atoms with Crippen LogP contribution in [-0.4, -0.2) is 15.9 Å². The summed E-state index contributed by atoms with van der Waals surface area (Å²) in [7, 11) is 0. The highest BCUT2D eigenvalue weighted by Crippen LogP contribution is 2.18. The van der Waals surface area contributed by atoms with E-state index in [0.29, 0.717) is 6.42 Å². The van der Waals surface area contributed by atoms with Crippen molar-refractivity contribution in [3.8, 4) is 0 Å². The molecule has 0 fully saturated rings. The van der Waals surface area contributed by atoms with Crippen molar-refractivity contribution >= 4 is 39.7 Å². The monoisotopic (exact) mass is 287 g/mol. The summed E-state index contributed by atoms with van der Waals surface area (Å²) in [6, 6.07) is 9.41. The number of pyridine rings is 1. The number of thiocarbonyl (C=S) groups is 1. The molecule has 0 spiro atoms. The Morgan fingerprint density at radius 2 is 2.25 bits per heavy atom. The van der Waals surface area contributed by atoms with E-state index in [1.165, 1.54) is 0 Å². The van der Waals surface area contributed by atoms with Crippen molar-refractivity contribution in [3.63, 3.8) is 0 Å². The normalized spacial score (nSPS) is 12.1. The molecule has 1 aromatic carbocycles. The van der Waals surface area contributed by atoms with Crippen molar-refractivity contribution in [3.05, 3.63) is 36.5 Å². The summed E-state index contributed by atoms with van der Waals surface area (Å²) in [6.07, 6.45) is 3.26. The van der Waals surface area contributed by atoms with Gasteiger partial charge < -0.3 is 11.1 Å². The maximum atomic E-state index is 12.2. The van der Waals surface area contributed by atoms with Crippen molar-refractivity contribution in [2.24, 2.45) is 11.7 Å². The van der Waals surface area contributed by atoms with Gasteiger partial charge >= 0.3 is 0 Å². The van der Waals surface area contributed by atoms with E-state index in [2.05, 4.69) is 10.3 Å². The molecule has 3 N–H and O–H groups in total. The first-order valence-electron chi connectivity index (χ1n) is 6.56. The average molecular weight is 287 g/mol. The highest BCUT2D eigenvalue weighted by atomic mass is 32.1. The maximum Gasteiger partial charge on any atom is 0.234 e. The van der Waals surface area contributed by atoms with Crippen LogP contribution in [0.15, 0.2) is 36.5 Å². The van der Waals surface area contributed by atoms with Crippen molar-refractivity contribution < 1.29 is 4.79 Å². The third-order valence-corrected chi connectivity index (χ3v) is 3.39. The Morgan fingerprint density at radius 3 is 2.95 bits per heavy atom. The Kier molecular flexibility index (Phi) is 4.63. The van der Waals surface area contributed by atoms with Gasteiger partial charge in [-0.3, -0.25) is 9.78 Å². The number of nitrogens with two attached hydrogens (primary N) is 1. The average Bonchev–Trinajstić information content (AvgIpc) is 2.44. The molecule has 104 valence electrons. The van der Waals surface area contributed by atoms with Crippen molar-refractivity contribution in [1.82, 2.24) is 4.98 Å². The van der Waals surface area contributed by atoms with Crippen LogP contribution in [0.3, 0.4) is 0 Å². The number of fused-ring (bicyclic) bond motifs is 1. The van der Waals surface area contributed by atoms with E-state index < -0.39 is 5.92 Å². The number of anilines is 1. The lowest BCUT2D eigenvalue weighted by Gasteiger charge is -2.14. The highest BCUT2D eigenvalue weighted by Gasteiger charge is 2.20. The Morgan fingerprint density at radius 1 is 1.45 bits per heavy atom. The van der Waals surface area contributed by atoms with Gasteiger partial charge in [-0.1, -0.05) is 31.6 Å². The van der Waals surface area contributed by atoms with Gasteiger partial charge in [0.15, 0.2) is 0 Å². The number of benzene rings is 1. The fraction of sp³-hybridized carbons (Fsp3) is 0.267. The molecule has 0 radical (unpaired) electrons. The third-order valence-electron chi connectivity index (χ3n) is 3.11. The molecule has 4 nitrogen and oxygen atoms in total. The zero-order valence-electron chi connectivity index (χ0n) is 11.3. The van der Waals surface area contributed by atoms with Crippen molar-refractivity contribution in [2.45, 2.75) is 19.8 Å². The van der Waals surface area contributed by atoms with Crippen LogP contribution in [0.4, 0.5) is 5.69 Å². The first-order chi connectivity index (χ1) is 9.61. The van der Waals surface area contributed by atoms with Gasteiger partial charge in [0.2, 0.25) is 5.91 Å². The molecular formula is C15H17N3OS. The van der Waals surface area contributed by atoms with Crippen LogP contribution in [0, 0.1) is 5.92 Å². The maximum absolute atomic E-state index is 12.2. The number of nitrogens with one attached hydrogen (secondary N) is 1. The fourth-order valence-corrected chi connectivity index (χ4v) is 2.30. The summed E-state index contributed by atoms with van der Waals surface area (Å²) in [5, 5.41) is 3.85. The zero-order chi connectivity index (χ0) is 14.5. The lowest BCUT2D eigenvalue weighted by molar-refractivity contribution is -0.118. The number of aromatic nitrogens is 1. The van der Waals surface area contributed by atoms with Gasteiger partial charge in [-0.2, -0.15) is 0 Å². The van der Waals surface area contributed by atoms with Crippen molar-refractivity contribution in [1.29, 1.82) is 0 Å². The molecule has 0 aliphatic rings. The third kappa shape index (κ3) is 3.30. The van der Waals surface area contributed by atoms with Gasteiger partial charge in [0.1, 0.15) is 0 Å². The summed E-state index contributed by atoms with van der Waals surface area (Å²) >= 11 is 4.96. The largest absolute Gasteiger partial charge is 0.393 e. The molecule has 0 saturated heterocycles. The Balaban J connectivity index is 2.18. The van der Waals surface area contributed by atoms with Gasteiger partial charge in [-0.15, -0.1) is 0 Å². The molecule has 20 heavy (non-hydrogen) atoms. The van der Waals surface area contributed by atoms with Crippen LogP contribution in [0.5, 0.6) is 0 Å². The van der Waals surface area contributed by atoms with Crippen LogP contribution >= 0.6 is 12.2 Å². The van der Waals surface area contributed by atoms with E-state index in [9.17, 15) is 4.79 Å². The van der Waals surface area contributed by atoms with Crippen LogP contribution in [0.1, 0.15) is 19.8 Å². The number of nitrogens with zero attached hydrogens (tertiary/aromatic N) is 1. The Labute approximate surface area is 123 Å². The molecule has 2 rings (SSSR count). The molecule has 1 amide bonds. The van der Waals surface area contributed by atoms with Gasteiger partial charge in [-0.05, 0) is 30.7 Å². The number of carbonyl (C=O) groups excluding carboxylic acids is 1. The van der Waals surface area contributed by atoms with Crippen LogP contribution in [0.25, 0.3) is 10.9 Å². The van der Waals surface area contributed by atoms with Crippen LogP contribution in [0.2, 0.25) is 0 Å². The molecule has 0 aliphatic carbocycles. The fourth-order valence-electron chi connectivity index (χ4n) is 2.07. The summed E-state index contributed by atoms with van der Waals surface area (Å²) in [5.74, 6) is -0.567. The number of carbonyl (C=O) groups is 1. The predicted molar refractivity (Wildman–Crippen MR) is 85.6 cm³/mol. The summed E-state index contributed by atoms with van der Waals surface area (Å²) in [5.41, 5.74) is 7.25. The standard InChI is InChI=1S/C15H17N3OS/c1-2-4-12(14(16)20)15(19)18-11-6-7-13-10(9-11)5-3-8-17-13/h3,5-9,12H,2,4H2,1H3,(H2,16,20)(H,18,19). The Hall–Kier alpha value is -2.01. The summed E-state index contributed by atoms with van der Waals surface area (Å²) < 4.78 is 0. The second kappa shape index (κ2) is 6.43. The van der Waals surface area contributed by atoms with Crippen LogP contribution < -0.4 is 11.1 Å². The number of hydrogen-bond donors (Lipinski definition) is 2. The Bertz CT molecular complexity index is 642. The lowest BCUT2D eigenvalue weighted by atomic mass is 10.0. The van der Waals surface area contributed by atoms with E-state index in [0.717, 1.165) is 23.0 Å². The number of rotatable bonds is 5. The van der Waals surface area contributed by atoms with E-state index in [1.807, 2.05) is 37.3 Å². The second-order valence-electron chi connectivity index (χ2n) is 4.64. The van der Waals surface area contributed by atoms with E-state index in [1.54, 1.807) is 6.20 Å². The van der Waals surface area contributed by atoms with Crippen LogP contribution in [-0.2, 0) is 4.79 Å². The second-order valence-corrected chi connectivity index (χ2v) is 5.12. The first kappa shape index (κ1) is 14.4. The molecule has 5 heteroatoms. The van der Waals surface area contributed by atoms with Crippen molar-refractivity contribution in [2.75, 3.05) is 5.32 Å². The lowest BCUT2D eigenvalue weighted by Crippen LogP contribution is -2.33. The summed E-state index contributed by atoms with van der Waals surface area (Å²) in [4.78, 5) is 16.7.